The van der Waals surface area contributed by atoms with Gasteiger partial charge in [0.25, 0.3) is 0 Å². The number of para-hydroxylation sites is 2. The highest BCUT2D eigenvalue weighted by Gasteiger charge is 2.21. The van der Waals surface area contributed by atoms with Crippen molar-refractivity contribution in [3.63, 3.8) is 0 Å². The lowest BCUT2D eigenvalue weighted by atomic mass is 10.0. The first-order valence-electron chi connectivity index (χ1n) is 5.89. The highest BCUT2D eigenvalue weighted by molar-refractivity contribution is 5.92. The molecule has 1 aromatic carbocycles. The van der Waals surface area contributed by atoms with E-state index in [0.29, 0.717) is 37.9 Å². The molecule has 0 aromatic heterocycles. The van der Waals surface area contributed by atoms with Crippen LogP contribution in [-0.4, -0.2) is 25.7 Å². The Morgan fingerprint density at radius 3 is 2.88 bits per heavy atom. The molecule has 1 aliphatic rings. The summed E-state index contributed by atoms with van der Waals surface area (Å²) in [6.45, 7) is 3.90. The Morgan fingerprint density at radius 1 is 1.47 bits per heavy atom. The summed E-state index contributed by atoms with van der Waals surface area (Å²) in [6.07, 6.45) is 0.514. The predicted octanol–water partition coefficient (Wildman–Crippen LogP) is 2.06. The monoisotopic (exact) mass is 235 g/mol. The number of rotatable bonds is 5. The molecule has 1 aliphatic heterocycles. The Kier molecular flexibility index (Phi) is 3.98. The molecule has 1 fully saturated rings. The van der Waals surface area contributed by atoms with E-state index >= 15 is 0 Å². The maximum absolute atomic E-state index is 11.7. The highest BCUT2D eigenvalue weighted by atomic mass is 16.5. The molecule has 0 atom stereocenters. The largest absolute Gasteiger partial charge is 0.492 e. The van der Waals surface area contributed by atoms with Crippen molar-refractivity contribution in [3.05, 3.63) is 24.3 Å². The molecule has 0 saturated carbocycles. The fourth-order valence-electron chi connectivity index (χ4n) is 1.72. The van der Waals surface area contributed by atoms with Gasteiger partial charge >= 0.3 is 0 Å². The zero-order valence-electron chi connectivity index (χ0n) is 9.94. The Labute approximate surface area is 101 Å². The maximum atomic E-state index is 11.7. The number of carbonyl (C=O) groups is 1. The minimum atomic E-state index is 0.0189. The second kappa shape index (κ2) is 5.68. The minimum absolute atomic E-state index is 0.0189. The second-order valence-electron chi connectivity index (χ2n) is 4.08. The summed E-state index contributed by atoms with van der Waals surface area (Å²) >= 11 is 0. The standard InChI is InChI=1S/C13H17NO3/c1-2-17-12-6-4-3-5-11(12)14-13(15)7-10-8-16-9-10/h3-6,10H,2,7-9H2,1H3,(H,14,15). The summed E-state index contributed by atoms with van der Waals surface area (Å²) in [5.41, 5.74) is 0.736. The molecule has 0 radical (unpaired) electrons. The van der Waals surface area contributed by atoms with E-state index in [1.165, 1.54) is 0 Å². The molecule has 0 unspecified atom stereocenters. The van der Waals surface area contributed by atoms with E-state index < -0.39 is 0 Å². The van der Waals surface area contributed by atoms with Crippen LogP contribution >= 0.6 is 0 Å². The molecule has 0 aliphatic carbocycles. The summed E-state index contributed by atoms with van der Waals surface area (Å²) in [7, 11) is 0. The van der Waals surface area contributed by atoms with Crippen molar-refractivity contribution in [2.24, 2.45) is 5.92 Å². The molecule has 92 valence electrons. The zero-order chi connectivity index (χ0) is 12.1. The van der Waals surface area contributed by atoms with Crippen molar-refractivity contribution in [3.8, 4) is 5.75 Å². The summed E-state index contributed by atoms with van der Waals surface area (Å²) in [5.74, 6) is 1.10. The van der Waals surface area contributed by atoms with Gasteiger partial charge in [-0.05, 0) is 19.1 Å². The van der Waals surface area contributed by atoms with Gasteiger partial charge in [0.2, 0.25) is 5.91 Å². The van der Waals surface area contributed by atoms with Crippen LogP contribution in [0.1, 0.15) is 13.3 Å². The normalized spacial score (nSPS) is 15.1. The smallest absolute Gasteiger partial charge is 0.224 e. The lowest BCUT2D eigenvalue weighted by molar-refractivity contribution is -0.121. The van der Waals surface area contributed by atoms with Gasteiger partial charge in [0.1, 0.15) is 5.75 Å². The fourth-order valence-corrected chi connectivity index (χ4v) is 1.72. The molecule has 1 N–H and O–H groups in total. The number of amides is 1. The number of hydrogen-bond acceptors (Lipinski definition) is 3. The Hall–Kier alpha value is -1.55. The fraction of sp³-hybridized carbons (Fsp3) is 0.462. The topological polar surface area (TPSA) is 47.6 Å². The van der Waals surface area contributed by atoms with Crippen molar-refractivity contribution >= 4 is 11.6 Å². The third kappa shape index (κ3) is 3.20. The molecule has 4 nitrogen and oxygen atoms in total. The van der Waals surface area contributed by atoms with E-state index in [9.17, 15) is 4.79 Å². The molecule has 1 heterocycles. The predicted molar refractivity (Wildman–Crippen MR) is 65.2 cm³/mol. The van der Waals surface area contributed by atoms with E-state index in [1.54, 1.807) is 0 Å². The van der Waals surface area contributed by atoms with Gasteiger partial charge in [-0.25, -0.2) is 0 Å². The van der Waals surface area contributed by atoms with Gasteiger partial charge in [0.05, 0.1) is 25.5 Å². The van der Waals surface area contributed by atoms with Crippen LogP contribution in [0, 0.1) is 5.92 Å². The van der Waals surface area contributed by atoms with E-state index in [-0.39, 0.29) is 5.91 Å². The number of ether oxygens (including phenoxy) is 2. The molecular weight excluding hydrogens is 218 g/mol. The van der Waals surface area contributed by atoms with Crippen molar-refractivity contribution < 1.29 is 14.3 Å². The molecule has 0 spiro atoms. The molecule has 0 bridgehead atoms. The van der Waals surface area contributed by atoms with Crippen LogP contribution in [0.4, 0.5) is 5.69 Å². The van der Waals surface area contributed by atoms with Crippen LogP contribution in [0.25, 0.3) is 0 Å². The van der Waals surface area contributed by atoms with Gasteiger partial charge in [-0.2, -0.15) is 0 Å². The number of carbonyl (C=O) groups excluding carboxylic acids is 1. The van der Waals surface area contributed by atoms with Crippen LogP contribution in [0.15, 0.2) is 24.3 Å². The summed E-state index contributed by atoms with van der Waals surface area (Å²) in [5, 5.41) is 2.87. The molecule has 17 heavy (non-hydrogen) atoms. The first-order valence-corrected chi connectivity index (χ1v) is 5.89. The van der Waals surface area contributed by atoms with Gasteiger partial charge in [-0.1, -0.05) is 12.1 Å². The van der Waals surface area contributed by atoms with Gasteiger partial charge in [0.15, 0.2) is 0 Å². The molecule has 4 heteroatoms. The SMILES string of the molecule is CCOc1ccccc1NC(=O)CC1COC1. The third-order valence-electron chi connectivity index (χ3n) is 2.64. The van der Waals surface area contributed by atoms with Crippen LogP contribution in [0.2, 0.25) is 0 Å². The highest BCUT2D eigenvalue weighted by Crippen LogP contribution is 2.24. The lowest BCUT2D eigenvalue weighted by Crippen LogP contribution is -2.31. The minimum Gasteiger partial charge on any atom is -0.492 e. The van der Waals surface area contributed by atoms with E-state index in [2.05, 4.69) is 5.32 Å². The van der Waals surface area contributed by atoms with Crippen molar-refractivity contribution in [2.45, 2.75) is 13.3 Å². The number of hydrogen-bond donors (Lipinski definition) is 1. The molecule has 1 aromatic rings. The molecular formula is C13H17NO3. The van der Waals surface area contributed by atoms with Crippen LogP contribution in [0.5, 0.6) is 5.75 Å². The van der Waals surface area contributed by atoms with Gasteiger partial charge in [0, 0.05) is 12.3 Å². The average molecular weight is 235 g/mol. The zero-order valence-corrected chi connectivity index (χ0v) is 9.94. The number of anilines is 1. The second-order valence-corrected chi connectivity index (χ2v) is 4.08. The summed E-state index contributed by atoms with van der Waals surface area (Å²) in [4.78, 5) is 11.7. The Morgan fingerprint density at radius 2 is 2.24 bits per heavy atom. The van der Waals surface area contributed by atoms with E-state index in [0.717, 1.165) is 5.69 Å². The summed E-state index contributed by atoms with van der Waals surface area (Å²) in [6, 6.07) is 7.47. The molecule has 2 rings (SSSR count). The van der Waals surface area contributed by atoms with E-state index in [4.69, 9.17) is 9.47 Å². The molecule has 1 amide bonds. The van der Waals surface area contributed by atoms with Crippen LogP contribution < -0.4 is 10.1 Å². The van der Waals surface area contributed by atoms with Gasteiger partial charge in [-0.3, -0.25) is 4.79 Å². The molecule has 1 saturated heterocycles. The van der Waals surface area contributed by atoms with Crippen molar-refractivity contribution in [1.82, 2.24) is 0 Å². The average Bonchev–Trinajstić information content (AvgIpc) is 2.27. The number of nitrogens with one attached hydrogen (secondary N) is 1. The Balaban J connectivity index is 1.94. The first kappa shape index (κ1) is 11.9. The summed E-state index contributed by atoms with van der Waals surface area (Å²) < 4.78 is 10.5. The van der Waals surface area contributed by atoms with Gasteiger partial charge < -0.3 is 14.8 Å². The van der Waals surface area contributed by atoms with E-state index in [1.807, 2.05) is 31.2 Å². The third-order valence-corrected chi connectivity index (χ3v) is 2.64. The lowest BCUT2D eigenvalue weighted by Gasteiger charge is -2.25. The van der Waals surface area contributed by atoms with Crippen LogP contribution in [-0.2, 0) is 9.53 Å². The van der Waals surface area contributed by atoms with Crippen molar-refractivity contribution in [2.75, 3.05) is 25.1 Å². The number of benzene rings is 1. The van der Waals surface area contributed by atoms with Gasteiger partial charge in [-0.15, -0.1) is 0 Å². The first-order chi connectivity index (χ1) is 8.29. The van der Waals surface area contributed by atoms with Crippen LogP contribution in [0.3, 0.4) is 0 Å². The van der Waals surface area contributed by atoms with Crippen molar-refractivity contribution in [1.29, 1.82) is 0 Å². The maximum Gasteiger partial charge on any atom is 0.224 e. The quantitative estimate of drug-likeness (QED) is 0.849. The Bertz CT molecular complexity index is 388.